The number of hydrogen-bond donors (Lipinski definition) is 3. The Labute approximate surface area is 160 Å². The molecule has 1 amide bonds. The van der Waals surface area contributed by atoms with Crippen LogP contribution in [0.5, 0.6) is 5.75 Å². The molecular weight excluding hydrogens is 373 g/mol. The first-order valence-electron chi connectivity index (χ1n) is 8.56. The number of nitrogens with zero attached hydrogens (tertiary/aromatic N) is 1. The second kappa shape index (κ2) is 9.63. The molecular formula is C19H21F3N4O2. The topological polar surface area (TPSA) is 88.7 Å². The third-order valence-corrected chi connectivity index (χ3v) is 3.48. The lowest BCUT2D eigenvalue weighted by atomic mass is 10.2. The summed E-state index contributed by atoms with van der Waals surface area (Å²) in [6.45, 7) is 2.20. The number of alkyl halides is 3. The first kappa shape index (κ1) is 21.1. The molecule has 2 aromatic carbocycles. The maximum Gasteiger partial charge on any atom is 0.573 e. The minimum absolute atomic E-state index is 0.0534. The maximum absolute atomic E-state index is 12.2. The quantitative estimate of drug-likeness (QED) is 0.484. The first-order chi connectivity index (χ1) is 13.2. The number of carbonyl (C=O) groups is 1. The lowest BCUT2D eigenvalue weighted by Gasteiger charge is -2.10. The number of guanidine groups is 1. The van der Waals surface area contributed by atoms with Gasteiger partial charge in [0.2, 0.25) is 5.91 Å². The van der Waals surface area contributed by atoms with Crippen LogP contribution in [0.3, 0.4) is 0 Å². The van der Waals surface area contributed by atoms with Crippen LogP contribution in [0.4, 0.5) is 24.5 Å². The summed E-state index contributed by atoms with van der Waals surface area (Å²) >= 11 is 0. The van der Waals surface area contributed by atoms with Gasteiger partial charge in [-0.1, -0.05) is 19.1 Å². The van der Waals surface area contributed by atoms with Gasteiger partial charge in [-0.05, 0) is 48.4 Å². The van der Waals surface area contributed by atoms with Crippen LogP contribution in [0, 0.1) is 0 Å². The predicted molar refractivity (Wildman–Crippen MR) is 102 cm³/mol. The Morgan fingerprint density at radius 1 is 1.11 bits per heavy atom. The molecule has 9 heteroatoms. The number of hydrogen-bond acceptors (Lipinski definition) is 3. The molecule has 0 atom stereocenters. The number of benzene rings is 2. The standard InChI is InChI=1S/C19H21F3N4O2/c1-2-4-17(27)25-15-6-3-5-13(11-15)12-24-18(23)26-14-7-9-16(10-8-14)28-19(20,21)22/h3,5-11H,2,4,12H2,1H3,(H,25,27)(H3,23,24,26). The fraction of sp³-hybridized carbons (Fsp3) is 0.263. The molecule has 0 aromatic heterocycles. The van der Waals surface area contributed by atoms with Crippen LogP contribution >= 0.6 is 0 Å². The highest BCUT2D eigenvalue weighted by atomic mass is 19.4. The molecule has 2 rings (SSSR count). The number of halogens is 3. The van der Waals surface area contributed by atoms with Gasteiger partial charge in [0.05, 0.1) is 6.54 Å². The molecule has 0 aliphatic rings. The molecule has 0 aliphatic heterocycles. The molecule has 2 aromatic rings. The summed E-state index contributed by atoms with van der Waals surface area (Å²) in [6.07, 6.45) is -3.52. The number of nitrogens with two attached hydrogens (primary N) is 1. The Balaban J connectivity index is 1.93. The van der Waals surface area contributed by atoms with Gasteiger partial charge in [-0.3, -0.25) is 4.79 Å². The van der Waals surface area contributed by atoms with Gasteiger partial charge >= 0.3 is 6.36 Å². The van der Waals surface area contributed by atoms with Crippen molar-refractivity contribution in [1.29, 1.82) is 0 Å². The van der Waals surface area contributed by atoms with E-state index >= 15 is 0 Å². The minimum Gasteiger partial charge on any atom is -0.406 e. The number of rotatable bonds is 7. The van der Waals surface area contributed by atoms with E-state index in [0.717, 1.165) is 12.0 Å². The van der Waals surface area contributed by atoms with Crippen molar-refractivity contribution in [2.45, 2.75) is 32.7 Å². The van der Waals surface area contributed by atoms with Crippen LogP contribution in [0.15, 0.2) is 53.5 Å². The average molecular weight is 394 g/mol. The van der Waals surface area contributed by atoms with Crippen molar-refractivity contribution in [1.82, 2.24) is 0 Å². The average Bonchev–Trinajstić information content (AvgIpc) is 2.61. The van der Waals surface area contributed by atoms with Gasteiger partial charge in [-0.2, -0.15) is 0 Å². The van der Waals surface area contributed by atoms with Crippen LogP contribution < -0.4 is 21.1 Å². The van der Waals surface area contributed by atoms with Crippen molar-refractivity contribution in [3.05, 3.63) is 54.1 Å². The first-order valence-corrected chi connectivity index (χ1v) is 8.56. The Hall–Kier alpha value is -3.23. The molecule has 0 fully saturated rings. The number of nitrogens with one attached hydrogen (secondary N) is 2. The number of carbonyl (C=O) groups excluding carboxylic acids is 1. The molecule has 0 saturated carbocycles. The Bertz CT molecular complexity index is 821. The molecule has 0 aliphatic carbocycles. The normalized spacial score (nSPS) is 11.8. The Morgan fingerprint density at radius 2 is 1.82 bits per heavy atom. The van der Waals surface area contributed by atoms with Gasteiger partial charge in [-0.25, -0.2) is 4.99 Å². The van der Waals surface area contributed by atoms with Gasteiger partial charge in [0.25, 0.3) is 0 Å². The number of anilines is 2. The molecule has 6 nitrogen and oxygen atoms in total. The minimum atomic E-state index is -4.74. The monoisotopic (exact) mass is 394 g/mol. The van der Waals surface area contributed by atoms with Crippen LogP contribution in [0.1, 0.15) is 25.3 Å². The van der Waals surface area contributed by atoms with Crippen molar-refractivity contribution >= 4 is 23.2 Å². The van der Waals surface area contributed by atoms with Gasteiger partial charge in [0, 0.05) is 17.8 Å². The third-order valence-electron chi connectivity index (χ3n) is 3.48. The van der Waals surface area contributed by atoms with Crippen molar-refractivity contribution in [2.24, 2.45) is 10.7 Å². The highest BCUT2D eigenvalue weighted by molar-refractivity contribution is 5.92. The van der Waals surface area contributed by atoms with E-state index < -0.39 is 6.36 Å². The van der Waals surface area contributed by atoms with Crippen molar-refractivity contribution in [3.8, 4) is 5.75 Å². The second-order valence-electron chi connectivity index (χ2n) is 5.90. The van der Waals surface area contributed by atoms with Crippen LogP contribution in [0.2, 0.25) is 0 Å². The molecule has 150 valence electrons. The zero-order valence-corrected chi connectivity index (χ0v) is 15.2. The number of amides is 1. The van der Waals surface area contributed by atoms with E-state index in [4.69, 9.17) is 5.73 Å². The number of aliphatic imine (C=N–C) groups is 1. The van der Waals surface area contributed by atoms with E-state index in [-0.39, 0.29) is 24.2 Å². The molecule has 0 saturated heterocycles. The smallest absolute Gasteiger partial charge is 0.406 e. The Morgan fingerprint density at radius 3 is 2.46 bits per heavy atom. The van der Waals surface area contributed by atoms with E-state index in [9.17, 15) is 18.0 Å². The van der Waals surface area contributed by atoms with Crippen LogP contribution in [-0.4, -0.2) is 18.2 Å². The molecule has 0 radical (unpaired) electrons. The molecule has 0 spiro atoms. The highest BCUT2D eigenvalue weighted by Gasteiger charge is 2.30. The summed E-state index contributed by atoms with van der Waals surface area (Å²) in [5.74, 6) is -0.275. The highest BCUT2D eigenvalue weighted by Crippen LogP contribution is 2.23. The molecule has 28 heavy (non-hydrogen) atoms. The van der Waals surface area contributed by atoms with E-state index in [1.165, 1.54) is 24.3 Å². The van der Waals surface area contributed by atoms with Gasteiger partial charge < -0.3 is 21.1 Å². The fourth-order valence-electron chi connectivity index (χ4n) is 2.30. The molecule has 0 unspecified atom stereocenters. The van der Waals surface area contributed by atoms with Crippen LogP contribution in [-0.2, 0) is 11.3 Å². The van der Waals surface area contributed by atoms with Gasteiger partial charge in [0.15, 0.2) is 5.96 Å². The summed E-state index contributed by atoms with van der Waals surface area (Å²) < 4.78 is 40.3. The van der Waals surface area contributed by atoms with E-state index in [2.05, 4.69) is 20.4 Å². The zero-order chi connectivity index (χ0) is 20.6. The Kier molecular flexibility index (Phi) is 7.25. The largest absolute Gasteiger partial charge is 0.573 e. The lowest BCUT2D eigenvalue weighted by molar-refractivity contribution is -0.274. The third kappa shape index (κ3) is 7.56. The maximum atomic E-state index is 12.2. The molecule has 0 bridgehead atoms. The van der Waals surface area contributed by atoms with Gasteiger partial charge in [-0.15, -0.1) is 13.2 Å². The van der Waals surface area contributed by atoms with E-state index in [1.807, 2.05) is 13.0 Å². The van der Waals surface area contributed by atoms with Crippen molar-refractivity contribution in [2.75, 3.05) is 10.6 Å². The lowest BCUT2D eigenvalue weighted by Crippen LogP contribution is -2.22. The predicted octanol–water partition coefficient (Wildman–Crippen LogP) is 4.25. The summed E-state index contributed by atoms with van der Waals surface area (Å²) in [6, 6.07) is 12.4. The summed E-state index contributed by atoms with van der Waals surface area (Å²) in [7, 11) is 0. The van der Waals surface area contributed by atoms with E-state index in [1.54, 1.807) is 18.2 Å². The van der Waals surface area contributed by atoms with Gasteiger partial charge in [0.1, 0.15) is 5.75 Å². The summed E-state index contributed by atoms with van der Waals surface area (Å²) in [4.78, 5) is 15.8. The van der Waals surface area contributed by atoms with Crippen molar-refractivity contribution < 1.29 is 22.7 Å². The van der Waals surface area contributed by atoms with Crippen LogP contribution in [0.25, 0.3) is 0 Å². The van der Waals surface area contributed by atoms with E-state index in [0.29, 0.717) is 17.8 Å². The molecule has 0 heterocycles. The zero-order valence-electron chi connectivity index (χ0n) is 15.2. The molecule has 4 N–H and O–H groups in total. The second-order valence-corrected chi connectivity index (χ2v) is 5.90. The fourth-order valence-corrected chi connectivity index (χ4v) is 2.30. The number of ether oxygens (including phenoxy) is 1. The SMILES string of the molecule is CCCC(=O)Nc1cccc(CN=C(N)Nc2ccc(OC(F)(F)F)cc2)c1. The van der Waals surface area contributed by atoms with Crippen molar-refractivity contribution in [3.63, 3.8) is 0 Å². The summed E-state index contributed by atoms with van der Waals surface area (Å²) in [5.41, 5.74) is 7.80. The summed E-state index contributed by atoms with van der Waals surface area (Å²) in [5, 5.41) is 5.59.